The lowest BCUT2D eigenvalue weighted by Crippen LogP contribution is -2.48. The Morgan fingerprint density at radius 2 is 1.89 bits per heavy atom. The maximum Gasteiger partial charge on any atom is 0.282 e. The molecular weight excluding hydrogens is 250 g/mol. The van der Waals surface area contributed by atoms with Crippen molar-refractivity contribution in [2.75, 3.05) is 39.8 Å². The van der Waals surface area contributed by atoms with E-state index >= 15 is 0 Å². The second kappa shape index (κ2) is 6.14. The summed E-state index contributed by atoms with van der Waals surface area (Å²) in [5, 5.41) is 3.17. The zero-order valence-electron chi connectivity index (χ0n) is 11.0. The van der Waals surface area contributed by atoms with Crippen LogP contribution in [0.1, 0.15) is 19.3 Å². The molecule has 0 aliphatic carbocycles. The largest absolute Gasteiger partial charge is 0.319 e. The first-order chi connectivity index (χ1) is 8.64. The van der Waals surface area contributed by atoms with E-state index in [1.165, 1.54) is 0 Å². The van der Waals surface area contributed by atoms with E-state index in [0.717, 1.165) is 25.8 Å². The molecule has 6 heteroatoms. The van der Waals surface area contributed by atoms with Crippen LogP contribution < -0.4 is 5.32 Å². The summed E-state index contributed by atoms with van der Waals surface area (Å²) in [5.41, 5.74) is 0. The summed E-state index contributed by atoms with van der Waals surface area (Å²) in [7, 11) is -1.28. The lowest BCUT2D eigenvalue weighted by molar-refractivity contribution is 0.253. The summed E-state index contributed by atoms with van der Waals surface area (Å²) in [6.45, 7) is 3.46. The van der Waals surface area contributed by atoms with Crippen LogP contribution in [0.4, 0.5) is 0 Å². The Morgan fingerprint density at radius 1 is 1.17 bits per heavy atom. The van der Waals surface area contributed by atoms with Crippen LogP contribution in [0.15, 0.2) is 12.2 Å². The average molecular weight is 273 g/mol. The third-order valence-electron chi connectivity index (χ3n) is 3.74. The first kappa shape index (κ1) is 14.0. The molecule has 2 aliphatic heterocycles. The maximum atomic E-state index is 12.4. The molecule has 2 aliphatic rings. The predicted octanol–water partition coefficient (Wildman–Crippen LogP) is 0.425. The standard InChI is InChI=1S/C12H23N3O2S/c1-13-11-12-5-9-15(10-6-12)18(16,17)14-7-3-2-4-8-14/h2-3,12-13H,4-11H2,1H3. The Labute approximate surface area is 110 Å². The highest BCUT2D eigenvalue weighted by Gasteiger charge is 2.32. The fourth-order valence-electron chi connectivity index (χ4n) is 2.63. The minimum absolute atomic E-state index is 0.527. The SMILES string of the molecule is CNCC1CCN(S(=O)(=O)N2CC=CCC2)CC1. The van der Waals surface area contributed by atoms with Crippen molar-refractivity contribution in [3.05, 3.63) is 12.2 Å². The van der Waals surface area contributed by atoms with Gasteiger partial charge in [0.25, 0.3) is 10.2 Å². The second-order valence-corrected chi connectivity index (χ2v) is 6.95. The van der Waals surface area contributed by atoms with Crippen LogP contribution in [-0.4, -0.2) is 56.8 Å². The first-order valence-corrected chi connectivity index (χ1v) is 8.09. The number of hydrogen-bond donors (Lipinski definition) is 1. The van der Waals surface area contributed by atoms with Gasteiger partial charge in [-0.25, -0.2) is 0 Å². The number of piperidine rings is 1. The minimum Gasteiger partial charge on any atom is -0.319 e. The molecule has 18 heavy (non-hydrogen) atoms. The molecule has 0 amide bonds. The summed E-state index contributed by atoms with van der Waals surface area (Å²) >= 11 is 0. The van der Waals surface area contributed by atoms with Crippen molar-refractivity contribution in [2.45, 2.75) is 19.3 Å². The van der Waals surface area contributed by atoms with Crippen molar-refractivity contribution in [1.29, 1.82) is 0 Å². The number of nitrogens with zero attached hydrogens (tertiary/aromatic N) is 2. The van der Waals surface area contributed by atoms with Gasteiger partial charge in [-0.2, -0.15) is 17.0 Å². The third kappa shape index (κ3) is 3.12. The minimum atomic E-state index is -3.23. The smallest absolute Gasteiger partial charge is 0.282 e. The second-order valence-electron chi connectivity index (χ2n) is 5.03. The average Bonchev–Trinajstić information content (AvgIpc) is 2.41. The molecule has 1 fully saturated rings. The van der Waals surface area contributed by atoms with Crippen LogP contribution in [0.25, 0.3) is 0 Å². The van der Waals surface area contributed by atoms with Crippen molar-refractivity contribution in [3.63, 3.8) is 0 Å². The van der Waals surface area contributed by atoms with Crippen LogP contribution in [0.3, 0.4) is 0 Å². The molecule has 0 aromatic heterocycles. The highest BCUT2D eigenvalue weighted by molar-refractivity contribution is 7.86. The summed E-state index contributed by atoms with van der Waals surface area (Å²) in [4.78, 5) is 0. The Morgan fingerprint density at radius 3 is 2.44 bits per heavy atom. The van der Waals surface area contributed by atoms with E-state index in [1.54, 1.807) is 8.61 Å². The molecule has 0 saturated carbocycles. The third-order valence-corrected chi connectivity index (χ3v) is 5.74. The lowest BCUT2D eigenvalue weighted by Gasteiger charge is -2.35. The fraction of sp³-hybridized carbons (Fsp3) is 0.833. The molecule has 0 radical (unpaired) electrons. The van der Waals surface area contributed by atoms with Gasteiger partial charge in [0.2, 0.25) is 0 Å². The van der Waals surface area contributed by atoms with Crippen LogP contribution >= 0.6 is 0 Å². The molecule has 5 nitrogen and oxygen atoms in total. The molecule has 1 N–H and O–H groups in total. The summed E-state index contributed by atoms with van der Waals surface area (Å²) < 4.78 is 28.1. The highest BCUT2D eigenvalue weighted by atomic mass is 32.2. The van der Waals surface area contributed by atoms with Crippen molar-refractivity contribution in [3.8, 4) is 0 Å². The normalized spacial score (nSPS) is 24.5. The van der Waals surface area contributed by atoms with Gasteiger partial charge in [-0.3, -0.25) is 0 Å². The summed E-state index contributed by atoms with van der Waals surface area (Å²) in [6, 6.07) is 0. The van der Waals surface area contributed by atoms with Gasteiger partial charge in [0.1, 0.15) is 0 Å². The summed E-state index contributed by atoms with van der Waals surface area (Å²) in [6.07, 6.45) is 6.74. The molecule has 0 bridgehead atoms. The van der Waals surface area contributed by atoms with Crippen molar-refractivity contribution >= 4 is 10.2 Å². The number of hydrogen-bond acceptors (Lipinski definition) is 3. The zero-order chi connectivity index (χ0) is 13.0. The van der Waals surface area contributed by atoms with Gasteiger partial charge in [-0.15, -0.1) is 0 Å². The Hall–Kier alpha value is -0.430. The molecule has 2 heterocycles. The molecular formula is C12H23N3O2S. The Bertz CT molecular complexity index is 386. The van der Waals surface area contributed by atoms with E-state index < -0.39 is 10.2 Å². The Kier molecular flexibility index (Phi) is 4.77. The zero-order valence-corrected chi connectivity index (χ0v) is 11.8. The fourth-order valence-corrected chi connectivity index (χ4v) is 4.23. The lowest BCUT2D eigenvalue weighted by atomic mass is 9.98. The first-order valence-electron chi connectivity index (χ1n) is 6.69. The predicted molar refractivity (Wildman–Crippen MR) is 72.5 cm³/mol. The van der Waals surface area contributed by atoms with Crippen LogP contribution in [0, 0.1) is 5.92 Å². The van der Waals surface area contributed by atoms with E-state index in [1.807, 2.05) is 19.2 Å². The van der Waals surface area contributed by atoms with Crippen LogP contribution in [0.5, 0.6) is 0 Å². The monoisotopic (exact) mass is 273 g/mol. The number of nitrogens with one attached hydrogen (secondary N) is 1. The van der Waals surface area contributed by atoms with Crippen LogP contribution in [0.2, 0.25) is 0 Å². The molecule has 2 rings (SSSR count). The van der Waals surface area contributed by atoms with Gasteiger partial charge in [-0.05, 0) is 38.8 Å². The van der Waals surface area contributed by atoms with E-state index in [9.17, 15) is 8.42 Å². The molecule has 0 atom stereocenters. The molecule has 0 aromatic rings. The van der Waals surface area contributed by atoms with Crippen molar-refractivity contribution in [2.24, 2.45) is 5.92 Å². The quantitative estimate of drug-likeness (QED) is 0.756. The molecule has 0 unspecified atom stereocenters. The van der Waals surface area contributed by atoms with Gasteiger partial charge >= 0.3 is 0 Å². The maximum absolute atomic E-state index is 12.4. The summed E-state index contributed by atoms with van der Waals surface area (Å²) in [5.74, 6) is 0.614. The topological polar surface area (TPSA) is 52.7 Å². The van der Waals surface area contributed by atoms with E-state index in [0.29, 0.717) is 32.1 Å². The van der Waals surface area contributed by atoms with Gasteiger partial charge in [0.05, 0.1) is 0 Å². The van der Waals surface area contributed by atoms with Crippen molar-refractivity contribution < 1.29 is 8.42 Å². The van der Waals surface area contributed by atoms with E-state index in [-0.39, 0.29) is 0 Å². The van der Waals surface area contributed by atoms with Crippen molar-refractivity contribution in [1.82, 2.24) is 13.9 Å². The molecule has 0 spiro atoms. The molecule has 104 valence electrons. The van der Waals surface area contributed by atoms with Gasteiger partial charge in [0, 0.05) is 26.2 Å². The van der Waals surface area contributed by atoms with E-state index in [2.05, 4.69) is 5.32 Å². The van der Waals surface area contributed by atoms with Gasteiger partial charge in [-0.1, -0.05) is 12.2 Å². The van der Waals surface area contributed by atoms with E-state index in [4.69, 9.17) is 0 Å². The van der Waals surface area contributed by atoms with Gasteiger partial charge in [0.15, 0.2) is 0 Å². The van der Waals surface area contributed by atoms with Gasteiger partial charge < -0.3 is 5.32 Å². The molecule has 0 aromatic carbocycles. The van der Waals surface area contributed by atoms with Crippen LogP contribution in [-0.2, 0) is 10.2 Å². The molecule has 1 saturated heterocycles. The highest BCUT2D eigenvalue weighted by Crippen LogP contribution is 2.21. The number of rotatable bonds is 4. The Balaban J connectivity index is 1.93.